The van der Waals surface area contributed by atoms with Gasteiger partial charge in [-0.3, -0.25) is 14.4 Å². The number of aryl methyl sites for hydroxylation is 1. The van der Waals surface area contributed by atoms with E-state index in [1.54, 1.807) is 23.2 Å². The van der Waals surface area contributed by atoms with Crippen LogP contribution in [0.1, 0.15) is 28.8 Å². The Hall–Kier alpha value is -3.28. The lowest BCUT2D eigenvalue weighted by Crippen LogP contribution is -2.43. The Kier molecular flexibility index (Phi) is 5.25. The van der Waals surface area contributed by atoms with Crippen LogP contribution in [0.3, 0.4) is 0 Å². The molecule has 1 saturated heterocycles. The molecule has 0 unspecified atom stereocenters. The van der Waals surface area contributed by atoms with Crippen molar-refractivity contribution < 1.29 is 9.59 Å². The van der Waals surface area contributed by atoms with Crippen molar-refractivity contribution in [1.29, 1.82) is 0 Å². The van der Waals surface area contributed by atoms with Crippen molar-refractivity contribution in [2.45, 2.75) is 26.3 Å². The fraction of sp³-hybridized carbons (Fsp3) is 0.304. The Bertz CT molecular complexity index is 1110. The quantitative estimate of drug-likeness (QED) is 0.643. The van der Waals surface area contributed by atoms with Gasteiger partial charge < -0.3 is 4.90 Å². The molecule has 0 atom stereocenters. The van der Waals surface area contributed by atoms with Gasteiger partial charge >= 0.3 is 0 Å². The number of benzene rings is 2. The number of Topliss-reactive ketones (excluding diaryl/α,β-unsaturated/α-hetero) is 1. The van der Waals surface area contributed by atoms with Gasteiger partial charge in [0.2, 0.25) is 5.91 Å². The minimum Gasteiger partial charge on any atom is -0.341 e. The molecule has 2 aromatic carbocycles. The first-order chi connectivity index (χ1) is 14.0. The van der Waals surface area contributed by atoms with E-state index >= 15 is 0 Å². The van der Waals surface area contributed by atoms with E-state index < -0.39 is 0 Å². The third-order valence-corrected chi connectivity index (χ3v) is 5.60. The Morgan fingerprint density at radius 3 is 2.45 bits per heavy atom. The lowest BCUT2D eigenvalue weighted by Gasteiger charge is -2.31. The maximum atomic E-state index is 12.7. The summed E-state index contributed by atoms with van der Waals surface area (Å²) in [6.07, 6.45) is 2.88. The molecule has 29 heavy (non-hydrogen) atoms. The van der Waals surface area contributed by atoms with Gasteiger partial charge in [-0.05, 0) is 25.8 Å². The number of fused-ring (bicyclic) bond motifs is 1. The highest BCUT2D eigenvalue weighted by Crippen LogP contribution is 2.22. The summed E-state index contributed by atoms with van der Waals surface area (Å²) in [4.78, 5) is 39.6. The first kappa shape index (κ1) is 19.1. The Balaban J connectivity index is 1.39. The highest BCUT2D eigenvalue weighted by molar-refractivity contribution is 5.98. The zero-order valence-corrected chi connectivity index (χ0v) is 16.4. The zero-order valence-electron chi connectivity index (χ0n) is 16.4. The van der Waals surface area contributed by atoms with Crippen LogP contribution >= 0.6 is 0 Å². The van der Waals surface area contributed by atoms with Crippen LogP contribution in [-0.4, -0.2) is 39.5 Å². The molecule has 0 saturated carbocycles. The van der Waals surface area contributed by atoms with Crippen LogP contribution in [0.2, 0.25) is 0 Å². The number of rotatable bonds is 4. The molecule has 2 heterocycles. The molecular weight excluding hydrogens is 366 g/mol. The van der Waals surface area contributed by atoms with Crippen LogP contribution in [0.15, 0.2) is 59.5 Å². The van der Waals surface area contributed by atoms with Gasteiger partial charge in [-0.25, -0.2) is 4.68 Å². The summed E-state index contributed by atoms with van der Waals surface area (Å²) in [6.45, 7) is 2.95. The minimum atomic E-state index is -0.263. The summed E-state index contributed by atoms with van der Waals surface area (Å²) in [5.74, 6) is -0.0658. The number of likely N-dealkylation sites (tertiary alicyclic amines) is 1. The van der Waals surface area contributed by atoms with Crippen molar-refractivity contribution in [3.05, 3.63) is 76.2 Å². The van der Waals surface area contributed by atoms with E-state index in [9.17, 15) is 14.4 Å². The average Bonchev–Trinajstić information content (AvgIpc) is 2.76. The molecule has 1 aliphatic heterocycles. The molecule has 0 radical (unpaired) electrons. The molecule has 1 fully saturated rings. The summed E-state index contributed by atoms with van der Waals surface area (Å²) in [5.41, 5.74) is 1.59. The lowest BCUT2D eigenvalue weighted by molar-refractivity contribution is -0.133. The predicted octanol–water partition coefficient (Wildman–Crippen LogP) is 2.83. The van der Waals surface area contributed by atoms with Gasteiger partial charge in [-0.2, -0.15) is 5.10 Å². The molecule has 0 N–H and O–H groups in total. The van der Waals surface area contributed by atoms with E-state index in [1.165, 1.54) is 4.68 Å². The van der Waals surface area contributed by atoms with Gasteiger partial charge in [0.05, 0.1) is 11.6 Å². The molecule has 6 heteroatoms. The van der Waals surface area contributed by atoms with Crippen LogP contribution in [0.4, 0.5) is 0 Å². The number of hydrogen-bond donors (Lipinski definition) is 0. The largest absolute Gasteiger partial charge is 0.341 e. The summed E-state index contributed by atoms with van der Waals surface area (Å²) in [7, 11) is 0. The molecule has 148 valence electrons. The maximum Gasteiger partial charge on any atom is 0.275 e. The van der Waals surface area contributed by atoms with Gasteiger partial charge in [-0.15, -0.1) is 0 Å². The van der Waals surface area contributed by atoms with Crippen molar-refractivity contribution in [1.82, 2.24) is 14.7 Å². The second-order valence-corrected chi connectivity index (χ2v) is 7.58. The number of hydrogen-bond acceptors (Lipinski definition) is 4. The van der Waals surface area contributed by atoms with Gasteiger partial charge in [-0.1, -0.05) is 48.0 Å². The van der Waals surface area contributed by atoms with Crippen LogP contribution in [-0.2, 0) is 11.3 Å². The SMILES string of the molecule is Cc1ccc(C(=O)C2CCN(C(=O)Cn3ncc4ccccc4c3=O)CC2)cc1. The van der Waals surface area contributed by atoms with E-state index in [-0.39, 0.29) is 29.7 Å². The van der Waals surface area contributed by atoms with Crippen LogP contribution < -0.4 is 5.56 Å². The third kappa shape index (κ3) is 3.97. The number of carbonyl (C=O) groups excluding carboxylic acids is 2. The molecule has 6 nitrogen and oxygen atoms in total. The number of piperidine rings is 1. The summed E-state index contributed by atoms with van der Waals surface area (Å²) in [6, 6.07) is 14.8. The van der Waals surface area contributed by atoms with E-state index in [0.29, 0.717) is 31.3 Å². The molecule has 1 aliphatic rings. The average molecular weight is 389 g/mol. The first-order valence-corrected chi connectivity index (χ1v) is 9.86. The molecule has 0 bridgehead atoms. The van der Waals surface area contributed by atoms with Gasteiger partial charge in [0, 0.05) is 30.0 Å². The lowest BCUT2D eigenvalue weighted by atomic mass is 9.88. The highest BCUT2D eigenvalue weighted by Gasteiger charge is 2.28. The van der Waals surface area contributed by atoms with E-state index in [0.717, 1.165) is 16.5 Å². The first-order valence-electron chi connectivity index (χ1n) is 9.86. The molecule has 1 amide bonds. The Morgan fingerprint density at radius 1 is 1.03 bits per heavy atom. The molecule has 3 aromatic rings. The highest BCUT2D eigenvalue weighted by atomic mass is 16.2. The predicted molar refractivity (Wildman–Crippen MR) is 111 cm³/mol. The third-order valence-electron chi connectivity index (χ3n) is 5.60. The topological polar surface area (TPSA) is 72.3 Å². The number of nitrogens with zero attached hydrogens (tertiary/aromatic N) is 3. The van der Waals surface area contributed by atoms with Crippen LogP contribution in [0.25, 0.3) is 10.8 Å². The Labute approximate surface area is 168 Å². The molecular formula is C23H23N3O3. The summed E-state index contributed by atoms with van der Waals surface area (Å²) in [5, 5.41) is 5.45. The number of aromatic nitrogens is 2. The molecule has 0 spiro atoms. The summed E-state index contributed by atoms with van der Waals surface area (Å²) >= 11 is 0. The molecule has 1 aromatic heterocycles. The van der Waals surface area contributed by atoms with E-state index in [1.807, 2.05) is 43.3 Å². The van der Waals surface area contributed by atoms with Crippen LogP contribution in [0, 0.1) is 12.8 Å². The zero-order chi connectivity index (χ0) is 20.4. The van der Waals surface area contributed by atoms with Gasteiger partial charge in [0.25, 0.3) is 5.56 Å². The van der Waals surface area contributed by atoms with Gasteiger partial charge in [0.1, 0.15) is 6.54 Å². The van der Waals surface area contributed by atoms with Crippen LogP contribution in [0.5, 0.6) is 0 Å². The van der Waals surface area contributed by atoms with E-state index in [2.05, 4.69) is 5.10 Å². The fourth-order valence-corrected chi connectivity index (χ4v) is 3.81. The monoisotopic (exact) mass is 389 g/mol. The molecule has 4 rings (SSSR count). The van der Waals surface area contributed by atoms with Crippen molar-refractivity contribution in [2.75, 3.05) is 13.1 Å². The fourth-order valence-electron chi connectivity index (χ4n) is 3.81. The van der Waals surface area contributed by atoms with Gasteiger partial charge in [0.15, 0.2) is 5.78 Å². The van der Waals surface area contributed by atoms with Crippen molar-refractivity contribution in [2.24, 2.45) is 5.92 Å². The standard InChI is InChI=1S/C23H23N3O3/c1-16-6-8-17(9-7-16)22(28)18-10-12-25(13-11-18)21(27)15-26-23(29)20-5-3-2-4-19(20)14-24-26/h2-9,14,18H,10-13,15H2,1H3. The maximum absolute atomic E-state index is 12.7. The molecule has 0 aliphatic carbocycles. The number of carbonyl (C=O) groups is 2. The smallest absolute Gasteiger partial charge is 0.275 e. The minimum absolute atomic E-state index is 0.0664. The Morgan fingerprint density at radius 2 is 1.72 bits per heavy atom. The second kappa shape index (κ2) is 7.99. The van der Waals surface area contributed by atoms with E-state index in [4.69, 9.17) is 0 Å². The number of amides is 1. The van der Waals surface area contributed by atoms with Crippen molar-refractivity contribution in [3.8, 4) is 0 Å². The summed E-state index contributed by atoms with van der Waals surface area (Å²) < 4.78 is 1.22. The normalized spacial score (nSPS) is 14.9. The van der Waals surface area contributed by atoms with Crippen molar-refractivity contribution in [3.63, 3.8) is 0 Å². The number of ketones is 1. The second-order valence-electron chi connectivity index (χ2n) is 7.58. The van der Waals surface area contributed by atoms with Crippen molar-refractivity contribution >= 4 is 22.5 Å².